The van der Waals surface area contributed by atoms with E-state index in [4.69, 9.17) is 4.74 Å². The maximum Gasteiger partial charge on any atom is 0.410 e. The van der Waals surface area contributed by atoms with Gasteiger partial charge in [-0.3, -0.25) is 4.98 Å². The number of thiophene rings is 1. The Kier molecular flexibility index (Phi) is 5.47. The minimum absolute atomic E-state index is 0.303. The van der Waals surface area contributed by atoms with Crippen molar-refractivity contribution in [2.24, 2.45) is 0 Å². The molecule has 0 N–H and O–H groups in total. The van der Waals surface area contributed by atoms with Gasteiger partial charge in [0.15, 0.2) is 0 Å². The first kappa shape index (κ1) is 16.8. The molecule has 118 valence electrons. The van der Waals surface area contributed by atoms with Crippen molar-refractivity contribution in [3.8, 4) is 0 Å². The molecule has 2 aromatic rings. The van der Waals surface area contributed by atoms with Crippen LogP contribution in [0.5, 0.6) is 0 Å². The molecule has 22 heavy (non-hydrogen) atoms. The number of carbonyl (C=O) groups is 1. The van der Waals surface area contributed by atoms with Crippen molar-refractivity contribution in [3.05, 3.63) is 40.8 Å². The van der Waals surface area contributed by atoms with E-state index in [1.54, 1.807) is 41.2 Å². The van der Waals surface area contributed by atoms with Crippen molar-refractivity contribution in [1.82, 2.24) is 9.88 Å². The van der Waals surface area contributed by atoms with Gasteiger partial charge in [0.2, 0.25) is 0 Å². The van der Waals surface area contributed by atoms with Gasteiger partial charge in [0.1, 0.15) is 5.60 Å². The molecule has 0 atom stereocenters. The number of hydrogen-bond acceptors (Lipinski definition) is 5. The van der Waals surface area contributed by atoms with Crippen LogP contribution in [-0.4, -0.2) is 28.6 Å². The molecule has 2 rings (SSSR count). The van der Waals surface area contributed by atoms with Gasteiger partial charge in [-0.05, 0) is 39.0 Å². The average molecular weight is 336 g/mol. The SMILES string of the molecule is CN(Cc1cc(Sc2cccnc2)cs1)C(=O)OC(C)(C)C. The van der Waals surface area contributed by atoms with E-state index in [1.165, 1.54) is 0 Å². The van der Waals surface area contributed by atoms with E-state index >= 15 is 0 Å². The molecule has 0 spiro atoms. The van der Waals surface area contributed by atoms with E-state index in [9.17, 15) is 4.79 Å². The van der Waals surface area contributed by atoms with Crippen LogP contribution in [0.25, 0.3) is 0 Å². The Morgan fingerprint density at radius 1 is 1.41 bits per heavy atom. The number of ether oxygens (including phenoxy) is 1. The van der Waals surface area contributed by atoms with Gasteiger partial charge < -0.3 is 9.64 Å². The lowest BCUT2D eigenvalue weighted by atomic mass is 10.2. The standard InChI is InChI=1S/C16H20N2O2S2/c1-16(2,3)20-15(19)18(4)10-13-8-14(11-21-13)22-12-6-5-7-17-9-12/h5-9,11H,10H2,1-4H3. The molecule has 0 aliphatic heterocycles. The fourth-order valence-corrected chi connectivity index (χ4v) is 3.62. The summed E-state index contributed by atoms with van der Waals surface area (Å²) < 4.78 is 5.35. The fourth-order valence-electron chi connectivity index (χ4n) is 1.68. The molecule has 2 aromatic heterocycles. The van der Waals surface area contributed by atoms with E-state index in [0.717, 1.165) is 14.7 Å². The zero-order valence-electron chi connectivity index (χ0n) is 13.2. The van der Waals surface area contributed by atoms with Crippen molar-refractivity contribution in [1.29, 1.82) is 0 Å². The lowest BCUT2D eigenvalue weighted by Gasteiger charge is -2.24. The number of nitrogens with zero attached hydrogens (tertiary/aromatic N) is 2. The van der Waals surface area contributed by atoms with Crippen LogP contribution in [0.4, 0.5) is 4.79 Å². The first-order valence-electron chi connectivity index (χ1n) is 6.93. The van der Waals surface area contributed by atoms with E-state index in [2.05, 4.69) is 16.4 Å². The second-order valence-electron chi connectivity index (χ2n) is 5.88. The summed E-state index contributed by atoms with van der Waals surface area (Å²) in [7, 11) is 1.75. The second-order valence-corrected chi connectivity index (χ2v) is 8.02. The molecular weight excluding hydrogens is 316 g/mol. The molecule has 0 aromatic carbocycles. The van der Waals surface area contributed by atoms with Crippen LogP contribution in [-0.2, 0) is 11.3 Å². The number of rotatable bonds is 4. The van der Waals surface area contributed by atoms with Gasteiger partial charge in [0.25, 0.3) is 0 Å². The molecule has 0 unspecified atom stereocenters. The fraction of sp³-hybridized carbons (Fsp3) is 0.375. The van der Waals surface area contributed by atoms with E-state index in [-0.39, 0.29) is 6.09 Å². The Morgan fingerprint density at radius 2 is 2.18 bits per heavy atom. The molecule has 6 heteroatoms. The number of amides is 1. The molecule has 2 heterocycles. The highest BCUT2D eigenvalue weighted by Gasteiger charge is 2.20. The van der Waals surface area contributed by atoms with Gasteiger partial charge in [0.05, 0.1) is 6.54 Å². The number of hydrogen-bond donors (Lipinski definition) is 0. The van der Waals surface area contributed by atoms with E-state index < -0.39 is 5.60 Å². The summed E-state index contributed by atoms with van der Waals surface area (Å²) in [6.07, 6.45) is 3.30. The third kappa shape index (κ3) is 5.35. The summed E-state index contributed by atoms with van der Waals surface area (Å²) in [6.45, 7) is 6.15. The largest absolute Gasteiger partial charge is 0.444 e. The molecule has 0 saturated heterocycles. The van der Waals surface area contributed by atoms with Gasteiger partial charge in [-0.25, -0.2) is 4.79 Å². The molecule has 0 aliphatic rings. The number of aromatic nitrogens is 1. The summed E-state index contributed by atoms with van der Waals surface area (Å²) >= 11 is 3.31. The monoisotopic (exact) mass is 336 g/mol. The molecular formula is C16H20N2O2S2. The maximum atomic E-state index is 12.0. The molecule has 0 aliphatic carbocycles. The molecule has 0 fully saturated rings. The first-order chi connectivity index (χ1) is 10.3. The molecule has 4 nitrogen and oxygen atoms in total. The average Bonchev–Trinajstić information content (AvgIpc) is 2.85. The van der Waals surface area contributed by atoms with Crippen LogP contribution in [0.3, 0.4) is 0 Å². The predicted molar refractivity (Wildman–Crippen MR) is 90.4 cm³/mol. The van der Waals surface area contributed by atoms with Crippen LogP contribution in [0, 0.1) is 0 Å². The highest BCUT2D eigenvalue weighted by molar-refractivity contribution is 7.99. The normalized spacial score (nSPS) is 11.3. The summed E-state index contributed by atoms with van der Waals surface area (Å²) in [6, 6.07) is 6.05. The summed E-state index contributed by atoms with van der Waals surface area (Å²) in [5, 5.41) is 2.09. The van der Waals surface area contributed by atoms with E-state index in [1.807, 2.05) is 39.1 Å². The van der Waals surface area contributed by atoms with Gasteiger partial charge in [-0.1, -0.05) is 11.8 Å². The smallest absolute Gasteiger partial charge is 0.410 e. The molecule has 1 amide bonds. The van der Waals surface area contributed by atoms with Crippen LogP contribution in [0.2, 0.25) is 0 Å². The van der Waals surface area contributed by atoms with Crippen LogP contribution in [0.1, 0.15) is 25.6 Å². The Balaban J connectivity index is 1.93. The summed E-state index contributed by atoms with van der Waals surface area (Å²) in [5.41, 5.74) is -0.470. The van der Waals surface area contributed by atoms with Gasteiger partial charge >= 0.3 is 6.09 Å². The molecule has 0 radical (unpaired) electrons. The van der Waals surface area contributed by atoms with Gasteiger partial charge in [-0.2, -0.15) is 0 Å². The van der Waals surface area contributed by atoms with Crippen molar-refractivity contribution in [2.75, 3.05) is 7.05 Å². The highest BCUT2D eigenvalue weighted by Crippen LogP contribution is 2.31. The Labute approximate surface area is 139 Å². The Bertz CT molecular complexity index is 621. The molecule has 0 saturated carbocycles. The van der Waals surface area contributed by atoms with Gasteiger partial charge in [0, 0.05) is 39.5 Å². The van der Waals surface area contributed by atoms with E-state index in [0.29, 0.717) is 6.54 Å². The third-order valence-electron chi connectivity index (χ3n) is 2.60. The zero-order valence-corrected chi connectivity index (χ0v) is 14.8. The van der Waals surface area contributed by atoms with Crippen molar-refractivity contribution < 1.29 is 9.53 Å². The summed E-state index contributed by atoms with van der Waals surface area (Å²) in [5.74, 6) is 0. The quantitative estimate of drug-likeness (QED) is 0.814. The van der Waals surface area contributed by atoms with Crippen molar-refractivity contribution in [3.63, 3.8) is 0 Å². The van der Waals surface area contributed by atoms with Crippen LogP contribution >= 0.6 is 23.1 Å². The van der Waals surface area contributed by atoms with Gasteiger partial charge in [-0.15, -0.1) is 11.3 Å². The summed E-state index contributed by atoms with van der Waals surface area (Å²) in [4.78, 5) is 21.0. The Morgan fingerprint density at radius 3 is 2.82 bits per heavy atom. The van der Waals surface area contributed by atoms with Crippen molar-refractivity contribution >= 4 is 29.2 Å². The second kappa shape index (κ2) is 7.15. The first-order valence-corrected chi connectivity index (χ1v) is 8.62. The third-order valence-corrected chi connectivity index (χ3v) is 4.62. The van der Waals surface area contributed by atoms with Crippen LogP contribution < -0.4 is 0 Å². The van der Waals surface area contributed by atoms with Crippen molar-refractivity contribution in [2.45, 2.75) is 42.7 Å². The lowest BCUT2D eigenvalue weighted by Crippen LogP contribution is -2.33. The van der Waals surface area contributed by atoms with Crippen LogP contribution in [0.15, 0.2) is 45.8 Å². The number of carbonyl (C=O) groups excluding carboxylic acids is 1. The predicted octanol–water partition coefficient (Wildman–Crippen LogP) is 4.66. The number of pyridine rings is 1. The zero-order chi connectivity index (χ0) is 16.2. The Hall–Kier alpha value is -1.53. The lowest BCUT2D eigenvalue weighted by molar-refractivity contribution is 0.0286. The topological polar surface area (TPSA) is 42.4 Å². The minimum atomic E-state index is -0.470. The molecule has 0 bridgehead atoms. The highest BCUT2D eigenvalue weighted by atomic mass is 32.2. The minimum Gasteiger partial charge on any atom is -0.444 e. The maximum absolute atomic E-state index is 12.0.